The molecule has 2 heterocycles. The highest BCUT2D eigenvalue weighted by Gasteiger charge is 2.45. The molecule has 0 spiro atoms. The summed E-state index contributed by atoms with van der Waals surface area (Å²) in [6.45, 7) is 0.804. The summed E-state index contributed by atoms with van der Waals surface area (Å²) in [5.41, 5.74) is -0.712. The van der Waals surface area contributed by atoms with Crippen LogP contribution < -0.4 is 0 Å². The fourth-order valence-electron chi connectivity index (χ4n) is 1.91. The average Bonchev–Trinajstić information content (AvgIpc) is 2.30. The molecular weight excluding hydrogens is 232 g/mol. The lowest BCUT2D eigenvalue weighted by atomic mass is 9.77. The normalized spacial score (nSPS) is 19.3. The monoisotopic (exact) mass is 242 g/mol. The number of aliphatic carboxylic acids is 1. The standard InChI is InChI=1S/C10H11ClN2O3/c11-8-7(12-3-4-13-8)10(9(14)15)1-5-16-6-2-10/h3-4H,1-2,5-6H2,(H,14,15). The van der Waals surface area contributed by atoms with Gasteiger partial charge in [0.15, 0.2) is 5.15 Å². The van der Waals surface area contributed by atoms with Crippen molar-refractivity contribution in [3.63, 3.8) is 0 Å². The van der Waals surface area contributed by atoms with Gasteiger partial charge in [-0.2, -0.15) is 0 Å². The van der Waals surface area contributed by atoms with Crippen LogP contribution in [0.4, 0.5) is 0 Å². The van der Waals surface area contributed by atoms with Gasteiger partial charge in [-0.1, -0.05) is 11.6 Å². The summed E-state index contributed by atoms with van der Waals surface area (Å²) in [5, 5.41) is 9.54. The predicted octanol–water partition coefficient (Wildman–Crippen LogP) is 1.26. The van der Waals surface area contributed by atoms with Crippen LogP contribution in [-0.2, 0) is 14.9 Å². The van der Waals surface area contributed by atoms with E-state index < -0.39 is 11.4 Å². The van der Waals surface area contributed by atoms with E-state index in [1.54, 1.807) is 0 Å². The van der Waals surface area contributed by atoms with Crippen LogP contribution in [0.5, 0.6) is 0 Å². The third kappa shape index (κ3) is 1.76. The molecule has 6 heteroatoms. The lowest BCUT2D eigenvalue weighted by Crippen LogP contribution is -2.42. The SMILES string of the molecule is O=C(O)C1(c2nccnc2Cl)CCOCC1. The minimum absolute atomic E-state index is 0.159. The van der Waals surface area contributed by atoms with E-state index in [0.717, 1.165) is 0 Å². The molecule has 86 valence electrons. The zero-order valence-electron chi connectivity index (χ0n) is 8.52. The Balaban J connectivity index is 2.47. The second-order valence-electron chi connectivity index (χ2n) is 3.70. The first-order chi connectivity index (χ1) is 7.67. The van der Waals surface area contributed by atoms with Crippen molar-refractivity contribution in [2.24, 2.45) is 0 Å². The molecule has 0 bridgehead atoms. The van der Waals surface area contributed by atoms with Crippen LogP contribution in [-0.4, -0.2) is 34.3 Å². The first-order valence-electron chi connectivity index (χ1n) is 4.95. The van der Waals surface area contributed by atoms with Crippen molar-refractivity contribution in [1.82, 2.24) is 9.97 Å². The Morgan fingerprint density at radius 3 is 2.56 bits per heavy atom. The number of hydrogen-bond acceptors (Lipinski definition) is 4. The molecule has 0 saturated carbocycles. The van der Waals surface area contributed by atoms with E-state index >= 15 is 0 Å². The highest BCUT2D eigenvalue weighted by molar-refractivity contribution is 6.30. The number of ether oxygens (including phenoxy) is 1. The largest absolute Gasteiger partial charge is 0.481 e. The van der Waals surface area contributed by atoms with Crippen LogP contribution in [0.1, 0.15) is 18.5 Å². The number of nitrogens with zero attached hydrogens (tertiary/aromatic N) is 2. The Kier molecular flexibility index (Phi) is 3.07. The summed E-state index contributed by atoms with van der Waals surface area (Å²) in [6.07, 6.45) is 3.66. The molecule has 0 radical (unpaired) electrons. The molecule has 1 aromatic heterocycles. The van der Waals surface area contributed by atoms with Crippen molar-refractivity contribution in [2.75, 3.05) is 13.2 Å². The molecule has 1 N–H and O–H groups in total. The van der Waals surface area contributed by atoms with Crippen molar-refractivity contribution in [2.45, 2.75) is 18.3 Å². The van der Waals surface area contributed by atoms with E-state index in [0.29, 0.717) is 31.7 Å². The van der Waals surface area contributed by atoms with Gasteiger partial charge >= 0.3 is 5.97 Å². The van der Waals surface area contributed by atoms with Gasteiger partial charge in [0.2, 0.25) is 0 Å². The zero-order valence-corrected chi connectivity index (χ0v) is 9.28. The fraction of sp³-hybridized carbons (Fsp3) is 0.500. The van der Waals surface area contributed by atoms with Gasteiger partial charge in [-0.15, -0.1) is 0 Å². The number of rotatable bonds is 2. The number of carboxylic acids is 1. The Morgan fingerprint density at radius 2 is 2.00 bits per heavy atom. The zero-order chi connectivity index (χ0) is 11.6. The smallest absolute Gasteiger partial charge is 0.316 e. The Hall–Kier alpha value is -1.20. The maximum absolute atomic E-state index is 11.4. The molecule has 16 heavy (non-hydrogen) atoms. The molecular formula is C10H11ClN2O3. The highest BCUT2D eigenvalue weighted by Crippen LogP contribution is 2.36. The van der Waals surface area contributed by atoms with Gasteiger partial charge in [0.1, 0.15) is 5.41 Å². The molecule has 0 aliphatic carbocycles. The summed E-state index contributed by atoms with van der Waals surface area (Å²) >= 11 is 5.91. The molecule has 1 aliphatic heterocycles. The maximum atomic E-state index is 11.4. The van der Waals surface area contributed by atoms with Crippen LogP contribution in [0.3, 0.4) is 0 Å². The molecule has 0 unspecified atom stereocenters. The van der Waals surface area contributed by atoms with Crippen LogP contribution >= 0.6 is 11.6 Å². The van der Waals surface area contributed by atoms with E-state index in [2.05, 4.69) is 9.97 Å². The van der Waals surface area contributed by atoms with Gasteiger partial charge in [0, 0.05) is 25.6 Å². The molecule has 1 saturated heterocycles. The van der Waals surface area contributed by atoms with Crippen molar-refractivity contribution in [3.05, 3.63) is 23.2 Å². The second-order valence-corrected chi connectivity index (χ2v) is 4.05. The van der Waals surface area contributed by atoms with Gasteiger partial charge in [-0.25, -0.2) is 4.98 Å². The number of carbonyl (C=O) groups is 1. The quantitative estimate of drug-likeness (QED) is 0.845. The average molecular weight is 243 g/mol. The van der Waals surface area contributed by atoms with Crippen LogP contribution in [0.2, 0.25) is 5.15 Å². The van der Waals surface area contributed by atoms with E-state index in [1.807, 2.05) is 0 Å². The highest BCUT2D eigenvalue weighted by atomic mass is 35.5. The van der Waals surface area contributed by atoms with Gasteiger partial charge in [-0.3, -0.25) is 9.78 Å². The minimum Gasteiger partial charge on any atom is -0.481 e. The maximum Gasteiger partial charge on any atom is 0.316 e. The first-order valence-corrected chi connectivity index (χ1v) is 5.33. The summed E-state index contributed by atoms with van der Waals surface area (Å²) in [7, 11) is 0. The molecule has 5 nitrogen and oxygen atoms in total. The second kappa shape index (κ2) is 4.35. The van der Waals surface area contributed by atoms with Gasteiger partial charge in [0.05, 0.1) is 5.69 Å². The van der Waals surface area contributed by atoms with Crippen LogP contribution in [0, 0.1) is 0 Å². The van der Waals surface area contributed by atoms with E-state index in [1.165, 1.54) is 12.4 Å². The number of aromatic nitrogens is 2. The van der Waals surface area contributed by atoms with Crippen molar-refractivity contribution in [3.8, 4) is 0 Å². The number of hydrogen-bond donors (Lipinski definition) is 1. The fourth-order valence-corrected chi connectivity index (χ4v) is 2.20. The first kappa shape index (κ1) is 11.3. The minimum atomic E-state index is -1.05. The topological polar surface area (TPSA) is 72.3 Å². The Morgan fingerprint density at radius 1 is 1.38 bits per heavy atom. The van der Waals surface area contributed by atoms with Crippen molar-refractivity contribution in [1.29, 1.82) is 0 Å². The summed E-state index contributed by atoms with van der Waals surface area (Å²) < 4.78 is 5.18. The van der Waals surface area contributed by atoms with Crippen molar-refractivity contribution >= 4 is 17.6 Å². The van der Waals surface area contributed by atoms with Gasteiger partial charge < -0.3 is 9.84 Å². The van der Waals surface area contributed by atoms with Gasteiger partial charge in [-0.05, 0) is 12.8 Å². The summed E-state index contributed by atoms with van der Waals surface area (Å²) in [4.78, 5) is 19.4. The molecule has 0 atom stereocenters. The number of halogens is 1. The van der Waals surface area contributed by atoms with Crippen molar-refractivity contribution < 1.29 is 14.6 Å². The number of carboxylic acid groups (broad SMARTS) is 1. The molecule has 1 fully saturated rings. The molecule has 1 aromatic rings. The van der Waals surface area contributed by atoms with E-state index in [-0.39, 0.29) is 5.15 Å². The third-order valence-electron chi connectivity index (χ3n) is 2.86. The third-order valence-corrected chi connectivity index (χ3v) is 3.14. The van der Waals surface area contributed by atoms with E-state index in [9.17, 15) is 9.90 Å². The molecule has 2 rings (SSSR count). The van der Waals surface area contributed by atoms with E-state index in [4.69, 9.17) is 16.3 Å². The molecule has 0 aromatic carbocycles. The molecule has 0 amide bonds. The summed E-state index contributed by atoms with van der Waals surface area (Å²) in [5.74, 6) is -0.918. The van der Waals surface area contributed by atoms with Crippen LogP contribution in [0.15, 0.2) is 12.4 Å². The Labute approximate surface area is 97.4 Å². The lowest BCUT2D eigenvalue weighted by Gasteiger charge is -2.32. The molecule has 1 aliphatic rings. The lowest BCUT2D eigenvalue weighted by molar-refractivity contribution is -0.148. The van der Waals surface area contributed by atoms with Gasteiger partial charge in [0.25, 0.3) is 0 Å². The predicted molar refractivity (Wildman–Crippen MR) is 56.4 cm³/mol. The Bertz CT molecular complexity index is 405. The summed E-state index contributed by atoms with van der Waals surface area (Å²) in [6, 6.07) is 0. The van der Waals surface area contributed by atoms with Crippen LogP contribution in [0.25, 0.3) is 0 Å².